The molecule has 1 nitrogen and oxygen atoms in total. The van der Waals surface area contributed by atoms with Crippen LogP contribution in [-0.2, 0) is 5.41 Å². The summed E-state index contributed by atoms with van der Waals surface area (Å²) in [5.74, 6) is 0. The molecule has 0 aliphatic carbocycles. The summed E-state index contributed by atoms with van der Waals surface area (Å²) in [4.78, 5) is 2.79. The first-order chi connectivity index (χ1) is 9.32. The van der Waals surface area contributed by atoms with Gasteiger partial charge in [-0.2, -0.15) is 0 Å². The highest BCUT2D eigenvalue weighted by Gasteiger charge is 2.21. The van der Waals surface area contributed by atoms with Crippen LogP contribution in [0.15, 0.2) is 34.8 Å². The maximum Gasteiger partial charge on any atom is 0.0679 e. The van der Waals surface area contributed by atoms with Gasteiger partial charge in [0.1, 0.15) is 0 Å². The van der Waals surface area contributed by atoms with Crippen LogP contribution in [-0.4, -0.2) is 7.05 Å². The van der Waals surface area contributed by atoms with Crippen molar-refractivity contribution < 1.29 is 0 Å². The molecule has 0 radical (unpaired) electrons. The first-order valence-electron chi connectivity index (χ1n) is 6.86. The Labute approximate surface area is 134 Å². The van der Waals surface area contributed by atoms with Crippen molar-refractivity contribution in [2.24, 2.45) is 0 Å². The zero-order valence-electron chi connectivity index (χ0n) is 12.8. The minimum Gasteiger partial charge on any atom is -0.309 e. The first-order valence-corrected chi connectivity index (χ1v) is 8.47. The van der Waals surface area contributed by atoms with Gasteiger partial charge >= 0.3 is 0 Å². The fraction of sp³-hybridized carbons (Fsp3) is 0.412. The fourth-order valence-corrected chi connectivity index (χ4v) is 4.15. The molecule has 1 heterocycles. The molecule has 0 saturated carbocycles. The van der Waals surface area contributed by atoms with Gasteiger partial charge in [0.15, 0.2) is 0 Å². The lowest BCUT2D eigenvalue weighted by molar-refractivity contribution is 0.604. The number of nitrogens with one attached hydrogen (secondary N) is 1. The van der Waals surface area contributed by atoms with Gasteiger partial charge in [0.05, 0.1) is 6.04 Å². The molecule has 0 saturated heterocycles. The predicted octanol–water partition coefficient (Wildman–Crippen LogP) is 5.43. The molecule has 1 atom stereocenters. The third kappa shape index (κ3) is 3.33. The average molecular weight is 352 g/mol. The molecule has 0 aliphatic heterocycles. The lowest BCUT2D eigenvalue weighted by Gasteiger charge is -2.18. The minimum atomic E-state index is 0.214. The number of thiophene rings is 1. The van der Waals surface area contributed by atoms with Crippen LogP contribution in [0.4, 0.5) is 0 Å². The fourth-order valence-electron chi connectivity index (χ4n) is 2.23. The van der Waals surface area contributed by atoms with E-state index in [9.17, 15) is 0 Å². The largest absolute Gasteiger partial charge is 0.309 e. The SMILES string of the molecule is CNC(c1ccc(C(C)(C)C)s1)c1ccc(C)cc1Br. The summed E-state index contributed by atoms with van der Waals surface area (Å²) in [5, 5.41) is 3.44. The van der Waals surface area contributed by atoms with Crippen LogP contribution >= 0.6 is 27.3 Å². The zero-order valence-corrected chi connectivity index (χ0v) is 15.2. The van der Waals surface area contributed by atoms with E-state index in [1.165, 1.54) is 25.4 Å². The number of halogens is 1. The van der Waals surface area contributed by atoms with Crippen LogP contribution in [0.3, 0.4) is 0 Å². The van der Waals surface area contributed by atoms with Gasteiger partial charge in [0.25, 0.3) is 0 Å². The topological polar surface area (TPSA) is 12.0 Å². The minimum absolute atomic E-state index is 0.214. The zero-order chi connectivity index (χ0) is 14.9. The van der Waals surface area contributed by atoms with E-state index in [4.69, 9.17) is 0 Å². The van der Waals surface area contributed by atoms with E-state index in [-0.39, 0.29) is 11.5 Å². The van der Waals surface area contributed by atoms with Crippen molar-refractivity contribution in [2.75, 3.05) is 7.05 Å². The van der Waals surface area contributed by atoms with Crippen molar-refractivity contribution in [3.8, 4) is 0 Å². The molecule has 1 aromatic carbocycles. The van der Waals surface area contributed by atoms with Gasteiger partial charge in [-0.3, -0.25) is 0 Å². The van der Waals surface area contributed by atoms with Gasteiger partial charge in [-0.15, -0.1) is 11.3 Å². The summed E-state index contributed by atoms with van der Waals surface area (Å²) >= 11 is 5.59. The highest BCUT2D eigenvalue weighted by molar-refractivity contribution is 9.10. The molecule has 2 rings (SSSR count). The molecule has 0 fully saturated rings. The van der Waals surface area contributed by atoms with Crippen molar-refractivity contribution >= 4 is 27.3 Å². The Morgan fingerprint density at radius 3 is 2.35 bits per heavy atom. The van der Waals surface area contributed by atoms with Crippen molar-refractivity contribution in [1.82, 2.24) is 5.32 Å². The monoisotopic (exact) mass is 351 g/mol. The third-order valence-corrected chi connectivity index (χ3v) is 5.67. The Hall–Kier alpha value is -0.640. The smallest absolute Gasteiger partial charge is 0.0679 e. The highest BCUT2D eigenvalue weighted by Crippen LogP contribution is 2.36. The lowest BCUT2D eigenvalue weighted by Crippen LogP contribution is -2.17. The van der Waals surface area contributed by atoms with Crippen molar-refractivity contribution in [3.63, 3.8) is 0 Å². The lowest BCUT2D eigenvalue weighted by atomic mass is 9.95. The van der Waals surface area contributed by atoms with Gasteiger partial charge in [-0.05, 0) is 48.7 Å². The molecule has 2 aromatic rings. The molecule has 0 bridgehead atoms. The number of hydrogen-bond donors (Lipinski definition) is 1. The van der Waals surface area contributed by atoms with Crippen LogP contribution in [0.25, 0.3) is 0 Å². The Kier molecular flexibility index (Phi) is 4.73. The second kappa shape index (κ2) is 6.00. The van der Waals surface area contributed by atoms with Gasteiger partial charge in [-0.25, -0.2) is 0 Å². The molecule has 1 N–H and O–H groups in total. The van der Waals surface area contributed by atoms with Crippen LogP contribution in [0.2, 0.25) is 0 Å². The van der Waals surface area contributed by atoms with E-state index in [0.29, 0.717) is 0 Å². The van der Waals surface area contributed by atoms with Crippen molar-refractivity contribution in [1.29, 1.82) is 0 Å². The van der Waals surface area contributed by atoms with Crippen molar-refractivity contribution in [2.45, 2.75) is 39.2 Å². The average Bonchev–Trinajstić information content (AvgIpc) is 2.82. The molecular formula is C17H22BrNS. The second-order valence-electron chi connectivity index (χ2n) is 6.20. The summed E-state index contributed by atoms with van der Waals surface area (Å²) in [7, 11) is 2.02. The first kappa shape index (κ1) is 15.7. The Morgan fingerprint density at radius 1 is 1.15 bits per heavy atom. The molecule has 0 aliphatic rings. The van der Waals surface area contributed by atoms with E-state index < -0.39 is 0 Å². The van der Waals surface area contributed by atoms with Gasteiger partial charge < -0.3 is 5.32 Å². The van der Waals surface area contributed by atoms with Crippen molar-refractivity contribution in [3.05, 3.63) is 55.7 Å². The van der Waals surface area contributed by atoms with E-state index >= 15 is 0 Å². The summed E-state index contributed by atoms with van der Waals surface area (Å²) < 4.78 is 1.17. The molecule has 1 unspecified atom stereocenters. The Bertz CT molecular complexity index is 595. The van der Waals surface area contributed by atoms with Gasteiger partial charge in [0, 0.05) is 14.2 Å². The normalized spacial score (nSPS) is 13.5. The summed E-state index contributed by atoms with van der Waals surface area (Å²) in [6, 6.07) is 11.3. The maximum atomic E-state index is 3.70. The third-order valence-electron chi connectivity index (χ3n) is 3.41. The van der Waals surface area contributed by atoms with E-state index in [1.807, 2.05) is 18.4 Å². The van der Waals surface area contributed by atoms with Gasteiger partial charge in [-0.1, -0.05) is 48.8 Å². The standard InChI is InChI=1S/C17H22BrNS/c1-11-6-7-12(13(18)10-11)16(19-5)14-8-9-15(20-14)17(2,3)4/h6-10,16,19H,1-5H3. The summed E-state index contributed by atoms with van der Waals surface area (Å²) in [5.41, 5.74) is 2.78. The summed E-state index contributed by atoms with van der Waals surface area (Å²) in [6.07, 6.45) is 0. The van der Waals surface area contributed by atoms with Crippen LogP contribution in [0, 0.1) is 6.92 Å². The number of hydrogen-bond acceptors (Lipinski definition) is 2. The van der Waals surface area contributed by atoms with Crippen LogP contribution in [0.5, 0.6) is 0 Å². The molecule has 3 heteroatoms. The molecular weight excluding hydrogens is 330 g/mol. The highest BCUT2D eigenvalue weighted by atomic mass is 79.9. The van der Waals surface area contributed by atoms with E-state index in [1.54, 1.807) is 0 Å². The summed E-state index contributed by atoms with van der Waals surface area (Å²) in [6.45, 7) is 8.90. The number of aryl methyl sites for hydroxylation is 1. The number of benzene rings is 1. The van der Waals surface area contributed by atoms with Gasteiger partial charge in [0.2, 0.25) is 0 Å². The Balaban J connectivity index is 2.40. The molecule has 20 heavy (non-hydrogen) atoms. The molecule has 0 spiro atoms. The quantitative estimate of drug-likeness (QED) is 0.777. The van der Waals surface area contributed by atoms with E-state index in [2.05, 4.69) is 79.3 Å². The molecule has 108 valence electrons. The molecule has 1 aromatic heterocycles. The second-order valence-corrected chi connectivity index (χ2v) is 8.17. The van der Waals surface area contributed by atoms with Crippen LogP contribution < -0.4 is 5.32 Å². The van der Waals surface area contributed by atoms with Crippen LogP contribution in [0.1, 0.15) is 47.7 Å². The Morgan fingerprint density at radius 2 is 1.85 bits per heavy atom. The molecule has 0 amide bonds. The number of rotatable bonds is 3. The predicted molar refractivity (Wildman–Crippen MR) is 92.8 cm³/mol. The maximum absolute atomic E-state index is 3.70. The van der Waals surface area contributed by atoms with E-state index in [0.717, 1.165) is 0 Å².